The Morgan fingerprint density at radius 2 is 1.81 bits per heavy atom. The molecule has 2 amide bonds. The van der Waals surface area contributed by atoms with Gasteiger partial charge >= 0.3 is 6.09 Å². The minimum absolute atomic E-state index is 0.229. The Hall–Kier alpha value is -4.27. The summed E-state index contributed by atoms with van der Waals surface area (Å²) in [6.07, 6.45) is -0.561. The molecule has 0 spiro atoms. The van der Waals surface area contributed by atoms with E-state index in [4.69, 9.17) is 4.52 Å². The Balaban J connectivity index is 1.57. The Morgan fingerprint density at radius 3 is 2.50 bits per heavy atom. The van der Waals surface area contributed by atoms with Crippen molar-refractivity contribution in [3.63, 3.8) is 0 Å². The number of carbonyl (C=O) groups is 2. The van der Waals surface area contributed by atoms with Crippen molar-refractivity contribution in [3.05, 3.63) is 77.2 Å². The normalized spacial score (nSPS) is 10.7. The van der Waals surface area contributed by atoms with E-state index in [1.807, 2.05) is 0 Å². The number of methoxy groups -OCH3 is 1. The molecule has 162 valence electrons. The van der Waals surface area contributed by atoms with Crippen molar-refractivity contribution >= 4 is 28.8 Å². The second-order valence-electron chi connectivity index (χ2n) is 7.01. The number of nitrogens with one attached hydrogen (secondary N) is 2. The first-order valence-electron chi connectivity index (χ1n) is 9.69. The van der Waals surface area contributed by atoms with Crippen LogP contribution in [0.5, 0.6) is 0 Å². The van der Waals surface area contributed by atoms with Crippen molar-refractivity contribution < 1.29 is 23.2 Å². The molecule has 0 aliphatic rings. The smallest absolute Gasteiger partial charge is 0.411 e. The van der Waals surface area contributed by atoms with Crippen LogP contribution in [0.15, 0.2) is 59.1 Å². The molecule has 2 heterocycles. The van der Waals surface area contributed by atoms with E-state index in [2.05, 4.69) is 25.5 Å². The van der Waals surface area contributed by atoms with Crippen LogP contribution in [0.3, 0.4) is 0 Å². The minimum atomic E-state index is -0.561. The maximum absolute atomic E-state index is 13.3. The summed E-state index contributed by atoms with van der Waals surface area (Å²) < 4.78 is 23.1. The summed E-state index contributed by atoms with van der Waals surface area (Å²) >= 11 is 0. The number of halogens is 1. The van der Waals surface area contributed by atoms with E-state index in [1.54, 1.807) is 49.4 Å². The average Bonchev–Trinajstić information content (AvgIpc) is 3.19. The number of hydrogen-bond acceptors (Lipinski definition) is 6. The number of ether oxygens (including phenoxy) is 1. The summed E-state index contributed by atoms with van der Waals surface area (Å²) in [4.78, 5) is 28.7. The highest BCUT2D eigenvalue weighted by atomic mass is 19.1. The molecule has 2 aromatic carbocycles. The lowest BCUT2D eigenvalue weighted by molar-refractivity contribution is 0.0952. The molecule has 0 radical (unpaired) electrons. The van der Waals surface area contributed by atoms with Crippen molar-refractivity contribution in [1.82, 2.24) is 15.5 Å². The number of amides is 2. The molecule has 8 nitrogen and oxygen atoms in total. The predicted octanol–water partition coefficient (Wildman–Crippen LogP) is 4.45. The molecule has 0 fully saturated rings. The lowest BCUT2D eigenvalue weighted by atomic mass is 10.0. The van der Waals surface area contributed by atoms with Crippen LogP contribution in [0.25, 0.3) is 22.4 Å². The molecule has 0 aliphatic heterocycles. The van der Waals surface area contributed by atoms with Crippen molar-refractivity contribution in [2.45, 2.75) is 13.5 Å². The molecule has 0 unspecified atom stereocenters. The highest BCUT2D eigenvalue weighted by Gasteiger charge is 2.19. The molecule has 0 atom stereocenters. The molecular weight excluding hydrogens is 415 g/mol. The van der Waals surface area contributed by atoms with E-state index < -0.39 is 6.09 Å². The molecular formula is C23H19FN4O4. The van der Waals surface area contributed by atoms with Gasteiger partial charge in [0.25, 0.3) is 11.6 Å². The first-order valence-corrected chi connectivity index (χ1v) is 9.69. The van der Waals surface area contributed by atoms with Gasteiger partial charge < -0.3 is 14.6 Å². The minimum Gasteiger partial charge on any atom is -0.453 e. The van der Waals surface area contributed by atoms with Crippen LogP contribution >= 0.6 is 0 Å². The van der Waals surface area contributed by atoms with Crippen LogP contribution < -0.4 is 10.6 Å². The van der Waals surface area contributed by atoms with Crippen molar-refractivity contribution in [2.75, 3.05) is 12.4 Å². The van der Waals surface area contributed by atoms with Gasteiger partial charge in [-0.2, -0.15) is 0 Å². The fourth-order valence-electron chi connectivity index (χ4n) is 3.19. The molecule has 0 bridgehead atoms. The van der Waals surface area contributed by atoms with Crippen molar-refractivity contribution in [3.8, 4) is 11.3 Å². The fraction of sp³-hybridized carbons (Fsp3) is 0.130. The lowest BCUT2D eigenvalue weighted by Gasteiger charge is -2.09. The first-order chi connectivity index (χ1) is 15.4. The molecule has 2 N–H and O–H groups in total. The molecule has 32 heavy (non-hydrogen) atoms. The molecule has 4 rings (SSSR count). The standard InChI is InChI=1S/C23H19FN4O4/c1-13-20-18(11-19(27-22(20)32-28-13)15-5-7-16(24)8-6-15)21(29)25-12-14-3-9-17(10-4-14)26-23(30)31-2/h3-11H,12H2,1-2H3,(H,25,29)(H,26,30). The molecule has 0 aliphatic carbocycles. The lowest BCUT2D eigenvalue weighted by Crippen LogP contribution is -2.23. The fourth-order valence-corrected chi connectivity index (χ4v) is 3.19. The Bertz CT molecular complexity index is 1280. The Morgan fingerprint density at radius 1 is 1.09 bits per heavy atom. The van der Waals surface area contributed by atoms with Crippen molar-refractivity contribution in [2.24, 2.45) is 0 Å². The zero-order valence-corrected chi connectivity index (χ0v) is 17.3. The van der Waals surface area contributed by atoms with Gasteiger partial charge in [-0.3, -0.25) is 10.1 Å². The Kier molecular flexibility index (Phi) is 5.80. The number of aromatic nitrogens is 2. The van der Waals surface area contributed by atoms with Crippen LogP contribution in [-0.4, -0.2) is 29.3 Å². The van der Waals surface area contributed by atoms with Crippen LogP contribution in [0.2, 0.25) is 0 Å². The summed E-state index contributed by atoms with van der Waals surface area (Å²) in [5, 5.41) is 9.88. The average molecular weight is 434 g/mol. The SMILES string of the molecule is COC(=O)Nc1ccc(CNC(=O)c2cc(-c3ccc(F)cc3)nc3onc(C)c23)cc1. The predicted molar refractivity (Wildman–Crippen MR) is 116 cm³/mol. The molecule has 4 aromatic rings. The second kappa shape index (κ2) is 8.84. The van der Waals surface area contributed by atoms with Gasteiger partial charge in [-0.05, 0) is 55.0 Å². The number of hydrogen-bond donors (Lipinski definition) is 2. The monoisotopic (exact) mass is 434 g/mol. The molecule has 2 aromatic heterocycles. The highest BCUT2D eigenvalue weighted by molar-refractivity contribution is 6.07. The number of fused-ring (bicyclic) bond motifs is 1. The van der Waals surface area contributed by atoms with Crippen LogP contribution in [0, 0.1) is 12.7 Å². The first kappa shape index (κ1) is 21.0. The van der Waals surface area contributed by atoms with Gasteiger partial charge in [0.1, 0.15) is 5.82 Å². The number of carbonyl (C=O) groups excluding carboxylic acids is 2. The number of rotatable bonds is 5. The summed E-state index contributed by atoms with van der Waals surface area (Å²) in [7, 11) is 1.29. The third-order valence-corrected chi connectivity index (χ3v) is 4.84. The summed E-state index contributed by atoms with van der Waals surface area (Å²) in [5.74, 6) is -0.695. The zero-order valence-electron chi connectivity index (χ0n) is 17.3. The van der Waals surface area contributed by atoms with Gasteiger partial charge in [0.05, 0.1) is 29.4 Å². The van der Waals surface area contributed by atoms with E-state index in [0.29, 0.717) is 33.6 Å². The van der Waals surface area contributed by atoms with Crippen LogP contribution in [0.4, 0.5) is 14.9 Å². The molecule has 9 heteroatoms. The van der Waals surface area contributed by atoms with Gasteiger partial charge in [-0.1, -0.05) is 17.3 Å². The Labute approximate surface area is 182 Å². The maximum atomic E-state index is 13.3. The van der Waals surface area contributed by atoms with Gasteiger partial charge in [0.15, 0.2) is 0 Å². The number of anilines is 1. The van der Waals surface area contributed by atoms with Crippen LogP contribution in [0.1, 0.15) is 21.6 Å². The summed E-state index contributed by atoms with van der Waals surface area (Å²) in [6.45, 7) is 1.99. The van der Waals surface area contributed by atoms with E-state index >= 15 is 0 Å². The van der Waals surface area contributed by atoms with Gasteiger partial charge in [-0.25, -0.2) is 14.2 Å². The van der Waals surface area contributed by atoms with E-state index in [9.17, 15) is 14.0 Å². The summed E-state index contributed by atoms with van der Waals surface area (Å²) in [6, 6.07) is 14.4. The van der Waals surface area contributed by atoms with E-state index in [-0.39, 0.29) is 24.0 Å². The number of nitrogens with zero attached hydrogens (tertiary/aromatic N) is 2. The van der Waals surface area contributed by atoms with E-state index in [0.717, 1.165) is 5.56 Å². The molecule has 0 saturated heterocycles. The highest BCUT2D eigenvalue weighted by Crippen LogP contribution is 2.27. The van der Waals surface area contributed by atoms with Crippen LogP contribution in [-0.2, 0) is 11.3 Å². The number of benzene rings is 2. The third-order valence-electron chi connectivity index (χ3n) is 4.84. The number of aryl methyl sites for hydroxylation is 1. The van der Waals surface area contributed by atoms with Gasteiger partial charge in [0, 0.05) is 17.8 Å². The largest absolute Gasteiger partial charge is 0.453 e. The second-order valence-corrected chi connectivity index (χ2v) is 7.01. The van der Waals surface area contributed by atoms with Crippen molar-refractivity contribution in [1.29, 1.82) is 0 Å². The van der Waals surface area contributed by atoms with E-state index in [1.165, 1.54) is 19.2 Å². The topological polar surface area (TPSA) is 106 Å². The quantitative estimate of drug-likeness (QED) is 0.481. The van der Waals surface area contributed by atoms with Gasteiger partial charge in [-0.15, -0.1) is 0 Å². The van der Waals surface area contributed by atoms with Gasteiger partial charge in [0.2, 0.25) is 0 Å². The summed E-state index contributed by atoms with van der Waals surface area (Å²) in [5.41, 5.74) is 3.65. The molecule has 0 saturated carbocycles. The maximum Gasteiger partial charge on any atom is 0.411 e. The third kappa shape index (κ3) is 4.41. The number of pyridine rings is 1. The zero-order chi connectivity index (χ0) is 22.7.